The van der Waals surface area contributed by atoms with E-state index in [1.54, 1.807) is 0 Å². The Hall–Kier alpha value is -2.35. The number of hydrogen-bond acceptors (Lipinski definition) is 1. The third-order valence-electron chi connectivity index (χ3n) is 4.57. The summed E-state index contributed by atoms with van der Waals surface area (Å²) in [5, 5.41) is 1.04. The summed E-state index contributed by atoms with van der Waals surface area (Å²) in [5.41, 5.74) is 7.47. The van der Waals surface area contributed by atoms with Crippen molar-refractivity contribution in [2.24, 2.45) is 0 Å². The molecule has 3 aromatic rings. The van der Waals surface area contributed by atoms with Crippen LogP contribution < -0.4 is 0 Å². The molecule has 0 aliphatic carbocycles. The molecule has 3 rings (SSSR count). The molecule has 2 nitrogen and oxygen atoms in total. The summed E-state index contributed by atoms with van der Waals surface area (Å²) in [4.78, 5) is 15.2. The molecular weight excluding hydrogens is 282 g/mol. The standard InChI is InChI=1S/C21H23NO/c1-13-6-7-14(2)19-18(13)17(12-23)20(22-19)15-8-10-16(11-9-15)21(3,4)5/h6-12,22H,1-5H3. The number of nitrogens with one attached hydrogen (secondary N) is 1. The Morgan fingerprint density at radius 2 is 1.52 bits per heavy atom. The molecule has 0 saturated carbocycles. The van der Waals surface area contributed by atoms with Crippen LogP contribution in [0.25, 0.3) is 22.2 Å². The molecule has 0 amide bonds. The van der Waals surface area contributed by atoms with Gasteiger partial charge in [0.05, 0.1) is 5.69 Å². The Bertz CT molecular complexity index is 877. The second kappa shape index (κ2) is 5.38. The topological polar surface area (TPSA) is 32.9 Å². The largest absolute Gasteiger partial charge is 0.354 e. The molecule has 0 unspecified atom stereocenters. The summed E-state index contributed by atoms with van der Waals surface area (Å²) in [7, 11) is 0. The van der Waals surface area contributed by atoms with E-state index in [0.717, 1.165) is 45.1 Å². The lowest BCUT2D eigenvalue weighted by Crippen LogP contribution is -2.10. The lowest BCUT2D eigenvalue weighted by Gasteiger charge is -2.19. The van der Waals surface area contributed by atoms with Crippen molar-refractivity contribution in [1.82, 2.24) is 4.98 Å². The van der Waals surface area contributed by atoms with Crippen LogP contribution in [0.1, 0.15) is 47.8 Å². The van der Waals surface area contributed by atoms with E-state index in [-0.39, 0.29) is 5.41 Å². The van der Waals surface area contributed by atoms with Crippen molar-refractivity contribution in [3.63, 3.8) is 0 Å². The molecule has 1 heterocycles. The van der Waals surface area contributed by atoms with Gasteiger partial charge >= 0.3 is 0 Å². The quantitative estimate of drug-likeness (QED) is 0.617. The zero-order valence-corrected chi connectivity index (χ0v) is 14.4. The first-order valence-electron chi connectivity index (χ1n) is 8.01. The van der Waals surface area contributed by atoms with E-state index in [1.807, 2.05) is 0 Å². The summed E-state index contributed by atoms with van der Waals surface area (Å²) in [5.74, 6) is 0. The highest BCUT2D eigenvalue weighted by atomic mass is 16.1. The second-order valence-corrected chi connectivity index (χ2v) is 7.31. The third kappa shape index (κ3) is 2.59. The molecule has 1 N–H and O–H groups in total. The van der Waals surface area contributed by atoms with Gasteiger partial charge in [0, 0.05) is 16.5 Å². The normalized spacial score (nSPS) is 11.9. The van der Waals surface area contributed by atoms with E-state index in [2.05, 4.69) is 76.0 Å². The molecule has 0 radical (unpaired) electrons. The van der Waals surface area contributed by atoms with Crippen molar-refractivity contribution in [3.05, 3.63) is 58.7 Å². The van der Waals surface area contributed by atoms with E-state index in [0.29, 0.717) is 0 Å². The number of hydrogen-bond donors (Lipinski definition) is 1. The van der Waals surface area contributed by atoms with Crippen molar-refractivity contribution in [3.8, 4) is 11.3 Å². The van der Waals surface area contributed by atoms with Gasteiger partial charge in [0.25, 0.3) is 0 Å². The monoisotopic (exact) mass is 305 g/mol. The number of aldehydes is 1. The first kappa shape index (κ1) is 15.5. The van der Waals surface area contributed by atoms with Gasteiger partial charge in [-0.15, -0.1) is 0 Å². The average Bonchev–Trinajstić information content (AvgIpc) is 2.91. The van der Waals surface area contributed by atoms with Crippen LogP contribution in [-0.2, 0) is 5.41 Å². The molecule has 0 aliphatic rings. The molecular formula is C21H23NO. The van der Waals surface area contributed by atoms with Crippen LogP contribution in [0, 0.1) is 13.8 Å². The van der Waals surface area contributed by atoms with E-state index in [1.165, 1.54) is 5.56 Å². The number of carbonyl (C=O) groups excluding carboxylic acids is 1. The van der Waals surface area contributed by atoms with E-state index >= 15 is 0 Å². The predicted octanol–water partition coefficient (Wildman–Crippen LogP) is 5.56. The molecule has 0 aliphatic heterocycles. The highest BCUT2D eigenvalue weighted by Gasteiger charge is 2.17. The summed E-state index contributed by atoms with van der Waals surface area (Å²) in [6.07, 6.45) is 0.971. The van der Waals surface area contributed by atoms with Crippen LogP contribution in [0.15, 0.2) is 36.4 Å². The van der Waals surface area contributed by atoms with Crippen LogP contribution in [0.3, 0.4) is 0 Å². The van der Waals surface area contributed by atoms with Crippen molar-refractivity contribution in [2.45, 2.75) is 40.0 Å². The number of aryl methyl sites for hydroxylation is 2. The van der Waals surface area contributed by atoms with Crippen molar-refractivity contribution >= 4 is 17.2 Å². The van der Waals surface area contributed by atoms with Crippen LogP contribution in [0.2, 0.25) is 0 Å². The summed E-state index contributed by atoms with van der Waals surface area (Å²) in [6.45, 7) is 10.7. The molecule has 1 aromatic heterocycles. The van der Waals surface area contributed by atoms with E-state index in [4.69, 9.17) is 0 Å². The van der Waals surface area contributed by atoms with Crippen LogP contribution in [0.5, 0.6) is 0 Å². The maximum absolute atomic E-state index is 11.7. The van der Waals surface area contributed by atoms with Gasteiger partial charge in [-0.05, 0) is 41.5 Å². The number of H-pyrrole nitrogens is 1. The Morgan fingerprint density at radius 1 is 0.913 bits per heavy atom. The van der Waals surface area contributed by atoms with Gasteiger partial charge in [0.2, 0.25) is 0 Å². The number of aromatic amines is 1. The summed E-state index contributed by atoms with van der Waals surface area (Å²) >= 11 is 0. The lowest BCUT2D eigenvalue weighted by molar-refractivity contribution is 0.112. The Labute approximate surface area is 137 Å². The van der Waals surface area contributed by atoms with Gasteiger partial charge in [0.15, 0.2) is 6.29 Å². The number of carbonyl (C=O) groups is 1. The highest BCUT2D eigenvalue weighted by molar-refractivity contribution is 6.06. The third-order valence-corrected chi connectivity index (χ3v) is 4.57. The molecule has 2 heteroatoms. The average molecular weight is 305 g/mol. The van der Waals surface area contributed by atoms with Crippen LogP contribution in [-0.4, -0.2) is 11.3 Å². The van der Waals surface area contributed by atoms with Gasteiger partial charge < -0.3 is 4.98 Å². The van der Waals surface area contributed by atoms with Gasteiger partial charge in [0.1, 0.15) is 0 Å². The smallest absolute Gasteiger partial charge is 0.152 e. The Balaban J connectivity index is 2.22. The zero-order valence-electron chi connectivity index (χ0n) is 14.4. The predicted molar refractivity (Wildman–Crippen MR) is 97.3 cm³/mol. The fraction of sp³-hybridized carbons (Fsp3) is 0.286. The maximum Gasteiger partial charge on any atom is 0.152 e. The fourth-order valence-electron chi connectivity index (χ4n) is 3.12. The first-order valence-corrected chi connectivity index (χ1v) is 8.01. The molecule has 0 atom stereocenters. The van der Waals surface area contributed by atoms with Gasteiger partial charge in [-0.2, -0.15) is 0 Å². The number of rotatable bonds is 2. The zero-order chi connectivity index (χ0) is 16.8. The van der Waals surface area contributed by atoms with Gasteiger partial charge in [-0.1, -0.05) is 57.2 Å². The maximum atomic E-state index is 11.7. The highest BCUT2D eigenvalue weighted by Crippen LogP contribution is 2.33. The van der Waals surface area contributed by atoms with Crippen molar-refractivity contribution in [2.75, 3.05) is 0 Å². The number of aromatic nitrogens is 1. The minimum Gasteiger partial charge on any atom is -0.354 e. The van der Waals surface area contributed by atoms with Gasteiger partial charge in [-0.25, -0.2) is 0 Å². The molecule has 0 spiro atoms. The molecule has 0 saturated heterocycles. The van der Waals surface area contributed by atoms with E-state index < -0.39 is 0 Å². The fourth-order valence-corrected chi connectivity index (χ4v) is 3.12. The van der Waals surface area contributed by atoms with E-state index in [9.17, 15) is 4.79 Å². The first-order chi connectivity index (χ1) is 10.8. The molecule has 0 bridgehead atoms. The molecule has 118 valence electrons. The Morgan fingerprint density at radius 3 is 2.09 bits per heavy atom. The number of benzene rings is 2. The SMILES string of the molecule is Cc1ccc(C)c2c(C=O)c(-c3ccc(C(C)(C)C)cc3)[nH]c12. The van der Waals surface area contributed by atoms with Crippen molar-refractivity contribution < 1.29 is 4.79 Å². The van der Waals surface area contributed by atoms with Crippen molar-refractivity contribution in [1.29, 1.82) is 0 Å². The van der Waals surface area contributed by atoms with Crippen LogP contribution in [0.4, 0.5) is 0 Å². The Kier molecular flexibility index (Phi) is 3.63. The lowest BCUT2D eigenvalue weighted by atomic mass is 9.86. The number of fused-ring (bicyclic) bond motifs is 1. The van der Waals surface area contributed by atoms with Crippen LogP contribution >= 0.6 is 0 Å². The molecule has 0 fully saturated rings. The minimum atomic E-state index is 0.125. The second-order valence-electron chi connectivity index (χ2n) is 7.31. The summed E-state index contributed by atoms with van der Waals surface area (Å²) < 4.78 is 0. The molecule has 2 aromatic carbocycles. The minimum absolute atomic E-state index is 0.125. The summed E-state index contributed by atoms with van der Waals surface area (Å²) in [6, 6.07) is 12.7. The van der Waals surface area contributed by atoms with Gasteiger partial charge in [-0.3, -0.25) is 4.79 Å². The molecule has 23 heavy (non-hydrogen) atoms.